The second-order valence-corrected chi connectivity index (χ2v) is 6.69. The molecule has 0 radical (unpaired) electrons. The lowest BCUT2D eigenvalue weighted by atomic mass is 10.1. The average molecular weight is 443 g/mol. The highest BCUT2D eigenvalue weighted by Crippen LogP contribution is 2.29. The summed E-state index contributed by atoms with van der Waals surface area (Å²) in [6.45, 7) is -0.314. The van der Waals surface area contributed by atoms with Crippen molar-refractivity contribution in [3.05, 3.63) is 88.6 Å². The maximum Gasteiger partial charge on any atom is 0.276 e. The van der Waals surface area contributed by atoms with Gasteiger partial charge in [-0.05, 0) is 29.8 Å². The molecule has 0 aliphatic rings. The summed E-state index contributed by atoms with van der Waals surface area (Å²) < 4.78 is 19.8. The third kappa shape index (κ3) is 4.95. The molecular weight excluding hydrogens is 427 g/mol. The number of benzene rings is 3. The first kappa shape index (κ1) is 19.6. The number of hydrogen-bond donors (Lipinski definition) is 2. The van der Waals surface area contributed by atoms with Gasteiger partial charge in [-0.2, -0.15) is 0 Å². The van der Waals surface area contributed by atoms with E-state index in [2.05, 4.69) is 26.8 Å². The van der Waals surface area contributed by atoms with Crippen LogP contribution in [-0.2, 0) is 4.79 Å². The second kappa shape index (κ2) is 9.14. The van der Waals surface area contributed by atoms with Crippen LogP contribution in [0.25, 0.3) is 11.1 Å². The molecule has 0 unspecified atom stereocenters. The summed E-state index contributed by atoms with van der Waals surface area (Å²) >= 11 is 3.17. The van der Waals surface area contributed by atoms with Gasteiger partial charge in [-0.3, -0.25) is 20.4 Å². The molecule has 0 aliphatic carbocycles. The van der Waals surface area contributed by atoms with Crippen molar-refractivity contribution < 1.29 is 18.7 Å². The predicted molar refractivity (Wildman–Crippen MR) is 107 cm³/mol. The molecule has 0 fully saturated rings. The molecule has 3 aromatic rings. The SMILES string of the molecule is O=C(COc1ccccc1-c1ccccc1)NNC(=O)c1cc(Br)ccc1F. The number of nitrogens with one attached hydrogen (secondary N) is 2. The molecule has 0 aromatic heterocycles. The highest BCUT2D eigenvalue weighted by molar-refractivity contribution is 9.10. The van der Waals surface area contributed by atoms with Gasteiger partial charge in [-0.15, -0.1) is 0 Å². The summed E-state index contributed by atoms with van der Waals surface area (Å²) in [6.07, 6.45) is 0. The van der Waals surface area contributed by atoms with Crippen molar-refractivity contribution in [3.8, 4) is 16.9 Å². The third-order valence-electron chi connectivity index (χ3n) is 3.82. The van der Waals surface area contributed by atoms with E-state index in [4.69, 9.17) is 4.74 Å². The van der Waals surface area contributed by atoms with Gasteiger partial charge in [0.2, 0.25) is 0 Å². The lowest BCUT2D eigenvalue weighted by Gasteiger charge is -2.12. The van der Waals surface area contributed by atoms with Crippen molar-refractivity contribution in [3.63, 3.8) is 0 Å². The molecule has 3 rings (SSSR count). The van der Waals surface area contributed by atoms with Gasteiger partial charge in [0, 0.05) is 10.0 Å². The number of amides is 2. The van der Waals surface area contributed by atoms with Crippen LogP contribution in [0, 0.1) is 5.82 Å². The van der Waals surface area contributed by atoms with Crippen LogP contribution in [0.5, 0.6) is 5.75 Å². The van der Waals surface area contributed by atoms with Crippen LogP contribution in [0.3, 0.4) is 0 Å². The number of rotatable bonds is 5. The molecular formula is C21H16BrFN2O3. The summed E-state index contributed by atoms with van der Waals surface area (Å²) in [6, 6.07) is 20.9. The molecule has 5 nitrogen and oxygen atoms in total. The third-order valence-corrected chi connectivity index (χ3v) is 4.31. The van der Waals surface area contributed by atoms with Crippen molar-refractivity contribution in [1.82, 2.24) is 10.9 Å². The predicted octanol–water partition coefficient (Wildman–Crippen LogP) is 4.10. The van der Waals surface area contributed by atoms with Crippen LogP contribution < -0.4 is 15.6 Å². The van der Waals surface area contributed by atoms with E-state index in [1.165, 1.54) is 12.1 Å². The quantitative estimate of drug-likeness (QED) is 0.584. The van der Waals surface area contributed by atoms with Gasteiger partial charge in [0.25, 0.3) is 11.8 Å². The van der Waals surface area contributed by atoms with Crippen LogP contribution in [0.4, 0.5) is 4.39 Å². The molecule has 28 heavy (non-hydrogen) atoms. The van der Waals surface area contributed by atoms with E-state index in [0.717, 1.165) is 17.2 Å². The monoisotopic (exact) mass is 442 g/mol. The zero-order valence-electron chi connectivity index (χ0n) is 14.6. The van der Waals surface area contributed by atoms with Crippen LogP contribution >= 0.6 is 15.9 Å². The number of para-hydroxylation sites is 1. The highest BCUT2D eigenvalue weighted by Gasteiger charge is 2.14. The van der Waals surface area contributed by atoms with Crippen molar-refractivity contribution in [2.24, 2.45) is 0 Å². The fourth-order valence-corrected chi connectivity index (χ4v) is 2.85. The lowest BCUT2D eigenvalue weighted by molar-refractivity contribution is -0.123. The second-order valence-electron chi connectivity index (χ2n) is 5.78. The zero-order valence-corrected chi connectivity index (χ0v) is 16.2. The lowest BCUT2D eigenvalue weighted by Crippen LogP contribution is -2.44. The Balaban J connectivity index is 1.58. The van der Waals surface area contributed by atoms with Gasteiger partial charge in [-0.25, -0.2) is 4.39 Å². The van der Waals surface area contributed by atoms with E-state index in [0.29, 0.717) is 10.2 Å². The molecule has 0 aliphatic heterocycles. The Bertz CT molecular complexity index is 996. The number of halogens is 2. The largest absolute Gasteiger partial charge is 0.483 e. The fraction of sp³-hybridized carbons (Fsp3) is 0.0476. The standard InChI is InChI=1S/C21H16BrFN2O3/c22-15-10-11-18(23)17(12-15)21(27)25-24-20(26)13-28-19-9-5-4-8-16(19)14-6-2-1-3-7-14/h1-12H,13H2,(H,24,26)(H,25,27). The van der Waals surface area contributed by atoms with Gasteiger partial charge < -0.3 is 4.74 Å². The zero-order chi connectivity index (χ0) is 19.9. The van der Waals surface area contributed by atoms with Crippen LogP contribution in [-0.4, -0.2) is 18.4 Å². The van der Waals surface area contributed by atoms with Crippen molar-refractivity contribution in [1.29, 1.82) is 0 Å². The minimum Gasteiger partial charge on any atom is -0.483 e. The van der Waals surface area contributed by atoms with Crippen molar-refractivity contribution >= 4 is 27.7 Å². The van der Waals surface area contributed by atoms with E-state index >= 15 is 0 Å². The van der Waals surface area contributed by atoms with Gasteiger partial charge >= 0.3 is 0 Å². The van der Waals surface area contributed by atoms with E-state index < -0.39 is 17.6 Å². The van der Waals surface area contributed by atoms with E-state index in [9.17, 15) is 14.0 Å². The molecule has 0 bridgehead atoms. The van der Waals surface area contributed by atoms with Gasteiger partial charge in [0.1, 0.15) is 11.6 Å². The van der Waals surface area contributed by atoms with E-state index in [-0.39, 0.29) is 12.2 Å². The van der Waals surface area contributed by atoms with Gasteiger partial charge in [0.05, 0.1) is 5.56 Å². The first-order valence-electron chi connectivity index (χ1n) is 8.36. The number of hydrogen-bond acceptors (Lipinski definition) is 3. The Hall–Kier alpha value is -3.19. The number of hydrazine groups is 1. The molecule has 0 saturated heterocycles. The van der Waals surface area contributed by atoms with Crippen LogP contribution in [0.2, 0.25) is 0 Å². The summed E-state index contributed by atoms with van der Waals surface area (Å²) in [7, 11) is 0. The Morgan fingerprint density at radius 1 is 0.929 bits per heavy atom. The fourth-order valence-electron chi connectivity index (χ4n) is 2.49. The Labute approximate surface area is 169 Å². The number of carbonyl (C=O) groups excluding carboxylic acids is 2. The Morgan fingerprint density at radius 3 is 2.43 bits per heavy atom. The van der Waals surface area contributed by atoms with Gasteiger partial charge in [-0.1, -0.05) is 64.5 Å². The van der Waals surface area contributed by atoms with Crippen molar-refractivity contribution in [2.45, 2.75) is 0 Å². The molecule has 0 atom stereocenters. The Morgan fingerprint density at radius 2 is 1.64 bits per heavy atom. The summed E-state index contributed by atoms with van der Waals surface area (Å²) in [5.74, 6) is -1.50. The number of carbonyl (C=O) groups is 2. The minimum absolute atomic E-state index is 0.190. The van der Waals surface area contributed by atoms with E-state index in [1.807, 2.05) is 42.5 Å². The number of ether oxygens (including phenoxy) is 1. The molecule has 0 saturated carbocycles. The maximum atomic E-state index is 13.7. The van der Waals surface area contributed by atoms with Gasteiger partial charge in [0.15, 0.2) is 6.61 Å². The molecule has 142 valence electrons. The van der Waals surface area contributed by atoms with Crippen molar-refractivity contribution in [2.75, 3.05) is 6.61 Å². The minimum atomic E-state index is -0.767. The average Bonchev–Trinajstić information content (AvgIpc) is 2.73. The topological polar surface area (TPSA) is 67.4 Å². The molecule has 0 spiro atoms. The molecule has 2 N–H and O–H groups in total. The summed E-state index contributed by atoms with van der Waals surface area (Å²) in [5, 5.41) is 0. The molecule has 2 amide bonds. The first-order chi connectivity index (χ1) is 13.5. The molecule has 0 heterocycles. The van der Waals surface area contributed by atoms with E-state index in [1.54, 1.807) is 12.1 Å². The summed E-state index contributed by atoms with van der Waals surface area (Å²) in [5.41, 5.74) is 5.99. The molecule has 3 aromatic carbocycles. The molecule has 7 heteroatoms. The Kier molecular flexibility index (Phi) is 6.39. The normalized spacial score (nSPS) is 10.2. The smallest absolute Gasteiger partial charge is 0.276 e. The maximum absolute atomic E-state index is 13.7. The van der Waals surface area contributed by atoms with Crippen LogP contribution in [0.15, 0.2) is 77.3 Å². The first-order valence-corrected chi connectivity index (χ1v) is 9.15. The highest BCUT2D eigenvalue weighted by atomic mass is 79.9. The van der Waals surface area contributed by atoms with Crippen LogP contribution in [0.1, 0.15) is 10.4 Å². The summed E-state index contributed by atoms with van der Waals surface area (Å²) in [4.78, 5) is 24.0.